The van der Waals surface area contributed by atoms with E-state index in [1.165, 1.54) is 49.3 Å². The number of benzene rings is 5. The van der Waals surface area contributed by atoms with Crippen molar-refractivity contribution in [1.82, 2.24) is 4.90 Å². The molecule has 4 nitrogen and oxygen atoms in total. The lowest BCUT2D eigenvalue weighted by atomic mass is 9.77. The third-order valence-corrected chi connectivity index (χ3v) is 9.43. The SMILES string of the molecule is CCCC(=O)Nc1c(C2CCc3c(ccc4c3ccc3cc(N5CCN(C)CC5)ccc34)C2)ccc2ccccc12. The molecule has 2 aliphatic rings. The summed E-state index contributed by atoms with van der Waals surface area (Å²) in [4.78, 5) is 17.7. The molecule has 1 amide bonds. The van der Waals surface area contributed by atoms with Crippen molar-refractivity contribution in [2.24, 2.45) is 0 Å². The van der Waals surface area contributed by atoms with E-state index < -0.39 is 0 Å². The van der Waals surface area contributed by atoms with Crippen molar-refractivity contribution in [2.45, 2.75) is 44.9 Å². The van der Waals surface area contributed by atoms with Gasteiger partial charge in [0.25, 0.3) is 0 Å². The minimum atomic E-state index is 0.106. The molecule has 1 aliphatic carbocycles. The zero-order valence-corrected chi connectivity index (χ0v) is 24.2. The molecule has 1 N–H and O–H groups in total. The van der Waals surface area contributed by atoms with Gasteiger partial charge in [-0.15, -0.1) is 0 Å². The molecule has 1 saturated heterocycles. The molecule has 1 unspecified atom stereocenters. The topological polar surface area (TPSA) is 35.6 Å². The van der Waals surface area contributed by atoms with Crippen LogP contribution >= 0.6 is 0 Å². The molecule has 5 aromatic rings. The number of carbonyl (C=O) groups excluding carboxylic acids is 1. The Morgan fingerprint density at radius 2 is 1.61 bits per heavy atom. The molecule has 1 fully saturated rings. The highest BCUT2D eigenvalue weighted by Gasteiger charge is 2.25. The smallest absolute Gasteiger partial charge is 0.224 e. The first kappa shape index (κ1) is 26.0. The first-order valence-corrected chi connectivity index (χ1v) is 15.3. The summed E-state index contributed by atoms with van der Waals surface area (Å²) in [7, 11) is 2.21. The minimum absolute atomic E-state index is 0.106. The first-order valence-electron chi connectivity index (χ1n) is 15.3. The van der Waals surface area contributed by atoms with Crippen LogP contribution in [0.4, 0.5) is 11.4 Å². The predicted molar refractivity (Wildman–Crippen MR) is 173 cm³/mol. The van der Waals surface area contributed by atoms with Gasteiger partial charge in [-0.2, -0.15) is 0 Å². The van der Waals surface area contributed by atoms with Gasteiger partial charge < -0.3 is 15.1 Å². The molecular weight excluding hydrogens is 502 g/mol. The van der Waals surface area contributed by atoms with Crippen LogP contribution in [0.3, 0.4) is 0 Å². The Hall–Kier alpha value is -3.89. The number of rotatable bonds is 5. The second-order valence-electron chi connectivity index (χ2n) is 12.0. The van der Waals surface area contributed by atoms with Crippen molar-refractivity contribution in [1.29, 1.82) is 0 Å². The van der Waals surface area contributed by atoms with Gasteiger partial charge in [-0.05, 0) is 94.4 Å². The lowest BCUT2D eigenvalue weighted by Crippen LogP contribution is -2.44. The third-order valence-electron chi connectivity index (χ3n) is 9.43. The molecule has 1 atom stereocenters. The van der Waals surface area contributed by atoms with E-state index in [0.717, 1.165) is 62.9 Å². The standard InChI is InChI=1S/C37H39N3O/c1-3-6-36(41)38-37-32-8-5-4-7-25(32)9-15-33(37)27-10-14-30-26(23-27)11-16-35-31-18-13-29(24-28(31)12-17-34(30)35)40-21-19-39(2)20-22-40/h4-5,7-9,11-13,15-18,24,27H,3,6,10,14,19-23H2,1-2H3,(H,38,41). The monoisotopic (exact) mass is 541 g/mol. The predicted octanol–water partition coefficient (Wildman–Crippen LogP) is 7.91. The Bertz CT molecular complexity index is 1770. The average molecular weight is 542 g/mol. The number of nitrogens with one attached hydrogen (secondary N) is 1. The van der Waals surface area contributed by atoms with E-state index in [-0.39, 0.29) is 5.91 Å². The van der Waals surface area contributed by atoms with Gasteiger partial charge in [-0.25, -0.2) is 0 Å². The van der Waals surface area contributed by atoms with Gasteiger partial charge in [0.1, 0.15) is 0 Å². The number of piperazine rings is 1. The number of fused-ring (bicyclic) bond motifs is 6. The fourth-order valence-corrected chi connectivity index (χ4v) is 7.14. The summed E-state index contributed by atoms with van der Waals surface area (Å²) in [5.41, 5.74) is 6.57. The van der Waals surface area contributed by atoms with Gasteiger partial charge in [0.2, 0.25) is 5.91 Å². The van der Waals surface area contributed by atoms with Gasteiger partial charge in [0, 0.05) is 43.7 Å². The number of hydrogen-bond acceptors (Lipinski definition) is 3. The molecule has 1 aliphatic heterocycles. The van der Waals surface area contributed by atoms with Crippen molar-refractivity contribution >= 4 is 49.6 Å². The number of amides is 1. The largest absolute Gasteiger partial charge is 0.369 e. The molecule has 5 aromatic carbocycles. The van der Waals surface area contributed by atoms with Crippen LogP contribution in [0, 0.1) is 0 Å². The van der Waals surface area contributed by atoms with Crippen LogP contribution in [-0.4, -0.2) is 44.0 Å². The Kier molecular flexibility index (Phi) is 6.88. The highest BCUT2D eigenvalue weighted by atomic mass is 16.1. The Morgan fingerprint density at radius 1 is 0.829 bits per heavy atom. The molecule has 208 valence electrons. The van der Waals surface area contributed by atoms with E-state index >= 15 is 0 Å². The lowest BCUT2D eigenvalue weighted by molar-refractivity contribution is -0.116. The van der Waals surface area contributed by atoms with Gasteiger partial charge in [0.05, 0.1) is 5.69 Å². The fourth-order valence-electron chi connectivity index (χ4n) is 7.14. The second kappa shape index (κ2) is 10.8. The molecule has 0 bridgehead atoms. The highest BCUT2D eigenvalue weighted by Crippen LogP contribution is 2.42. The molecule has 1 heterocycles. The minimum Gasteiger partial charge on any atom is -0.369 e. The number of aryl methyl sites for hydroxylation is 1. The van der Waals surface area contributed by atoms with Crippen LogP contribution in [0.15, 0.2) is 78.9 Å². The molecule has 41 heavy (non-hydrogen) atoms. The molecule has 0 saturated carbocycles. The van der Waals surface area contributed by atoms with Crippen molar-refractivity contribution in [3.8, 4) is 0 Å². The van der Waals surface area contributed by atoms with Gasteiger partial charge in [0.15, 0.2) is 0 Å². The highest BCUT2D eigenvalue weighted by molar-refractivity contribution is 6.09. The summed E-state index contributed by atoms with van der Waals surface area (Å²) in [6, 6.07) is 29.3. The molecule has 0 spiro atoms. The number of nitrogens with zero attached hydrogens (tertiary/aromatic N) is 2. The molecule has 7 rings (SSSR count). The van der Waals surface area contributed by atoms with E-state index in [0.29, 0.717) is 12.3 Å². The summed E-state index contributed by atoms with van der Waals surface area (Å²) in [5, 5.41) is 11.1. The van der Waals surface area contributed by atoms with Crippen LogP contribution in [0.25, 0.3) is 32.3 Å². The Balaban J connectivity index is 1.22. The summed E-state index contributed by atoms with van der Waals surface area (Å²) in [5.74, 6) is 0.489. The lowest BCUT2D eigenvalue weighted by Gasteiger charge is -2.34. The average Bonchev–Trinajstić information content (AvgIpc) is 3.01. The maximum atomic E-state index is 12.8. The van der Waals surface area contributed by atoms with Crippen LogP contribution in [-0.2, 0) is 17.6 Å². The second-order valence-corrected chi connectivity index (χ2v) is 12.0. The summed E-state index contributed by atoms with van der Waals surface area (Å²) < 4.78 is 0. The molecule has 0 radical (unpaired) electrons. The molecule has 0 aromatic heterocycles. The van der Waals surface area contributed by atoms with Crippen molar-refractivity contribution in [3.05, 3.63) is 95.6 Å². The van der Waals surface area contributed by atoms with Crippen molar-refractivity contribution in [3.63, 3.8) is 0 Å². The van der Waals surface area contributed by atoms with Gasteiger partial charge in [-0.1, -0.05) is 73.7 Å². The van der Waals surface area contributed by atoms with E-state index in [4.69, 9.17) is 0 Å². The summed E-state index contributed by atoms with van der Waals surface area (Å²) in [6.07, 6.45) is 4.54. The quantitative estimate of drug-likeness (QED) is 0.230. The maximum absolute atomic E-state index is 12.8. The fraction of sp³-hybridized carbons (Fsp3) is 0.324. The zero-order chi connectivity index (χ0) is 27.9. The van der Waals surface area contributed by atoms with E-state index in [1.807, 2.05) is 0 Å². The van der Waals surface area contributed by atoms with Crippen LogP contribution in [0.1, 0.15) is 48.8 Å². The zero-order valence-electron chi connectivity index (χ0n) is 24.2. The summed E-state index contributed by atoms with van der Waals surface area (Å²) >= 11 is 0. The number of carbonyl (C=O) groups is 1. The molecule has 4 heteroatoms. The van der Waals surface area contributed by atoms with E-state index in [1.54, 1.807) is 0 Å². The van der Waals surface area contributed by atoms with Crippen LogP contribution in [0.5, 0.6) is 0 Å². The van der Waals surface area contributed by atoms with Gasteiger partial charge >= 0.3 is 0 Å². The van der Waals surface area contributed by atoms with Crippen molar-refractivity contribution < 1.29 is 4.79 Å². The molecular formula is C37H39N3O. The number of hydrogen-bond donors (Lipinski definition) is 1. The van der Waals surface area contributed by atoms with Crippen molar-refractivity contribution in [2.75, 3.05) is 43.4 Å². The maximum Gasteiger partial charge on any atom is 0.224 e. The summed E-state index contributed by atoms with van der Waals surface area (Å²) in [6.45, 7) is 6.47. The van der Waals surface area contributed by atoms with Gasteiger partial charge in [-0.3, -0.25) is 4.79 Å². The third kappa shape index (κ3) is 4.85. The van der Waals surface area contributed by atoms with E-state index in [9.17, 15) is 4.79 Å². The van der Waals surface area contributed by atoms with Crippen LogP contribution in [0.2, 0.25) is 0 Å². The first-order chi connectivity index (χ1) is 20.1. The Labute approximate surface area is 242 Å². The van der Waals surface area contributed by atoms with E-state index in [2.05, 4.69) is 108 Å². The number of anilines is 2. The normalized spacial score (nSPS) is 17.7. The Morgan fingerprint density at radius 3 is 2.46 bits per heavy atom. The van der Waals surface area contributed by atoms with Crippen LogP contribution < -0.4 is 10.2 Å². The number of likely N-dealkylation sites (N-methyl/N-ethyl adjacent to an activating group) is 1.